The summed E-state index contributed by atoms with van der Waals surface area (Å²) < 4.78 is 66.5. The van der Waals surface area contributed by atoms with E-state index in [1.807, 2.05) is 0 Å². The highest BCUT2D eigenvalue weighted by atomic mass is 19.3. The molecule has 2 N–H and O–H groups in total. The Bertz CT molecular complexity index is 1250. The Hall–Kier alpha value is -3.54. The van der Waals surface area contributed by atoms with Crippen molar-refractivity contribution >= 4 is 5.97 Å². The van der Waals surface area contributed by atoms with Gasteiger partial charge >= 0.3 is 5.97 Å². The van der Waals surface area contributed by atoms with Crippen LogP contribution < -0.4 is 4.74 Å². The molecule has 0 saturated heterocycles. The lowest BCUT2D eigenvalue weighted by Crippen LogP contribution is -2.76. The predicted molar refractivity (Wildman–Crippen MR) is 111 cm³/mol. The number of ether oxygens (including phenoxy) is 1. The third-order valence-electron chi connectivity index (χ3n) is 7.20. The molecule has 184 valence electrons. The molecule has 0 radical (unpaired) electrons. The average Bonchev–Trinajstić information content (AvgIpc) is 3.23. The fourth-order valence-electron chi connectivity index (χ4n) is 5.58. The minimum atomic E-state index is -3.81. The summed E-state index contributed by atoms with van der Waals surface area (Å²) in [5, 5.41) is 30.4. The zero-order valence-electron chi connectivity index (χ0n) is 18.2. The molecule has 3 aliphatic rings. The van der Waals surface area contributed by atoms with Crippen LogP contribution in [0.1, 0.15) is 30.4 Å². The highest BCUT2D eigenvalue weighted by Gasteiger charge is 2.82. The molecule has 1 heterocycles. The second kappa shape index (κ2) is 7.74. The largest absolute Gasteiger partial charge is 0.482 e. The number of aliphatic hydroxyl groups is 1. The Balaban J connectivity index is 1.41. The number of carbonyl (C=O) groups is 1. The standard InChI is InChI=1S/C23H20F4N4O4/c24-15-3-6-17(18(25)7-15)22(34,12-31-13-28-29-30-31)23(26,27)21-9-20(10-21,11-21)14-1-4-16(5-2-14)35-8-19(32)33/h1-7,13,34H,8-12H2,(H,32,33). The molecule has 12 heteroatoms. The zero-order valence-corrected chi connectivity index (χ0v) is 18.2. The Morgan fingerprint density at radius 3 is 2.37 bits per heavy atom. The third kappa shape index (κ3) is 3.46. The number of hydrogen-bond acceptors (Lipinski definition) is 6. The third-order valence-corrected chi connectivity index (χ3v) is 7.20. The van der Waals surface area contributed by atoms with Gasteiger partial charge in [-0.3, -0.25) is 0 Å². The highest BCUT2D eigenvalue weighted by Crippen LogP contribution is 2.80. The number of carboxylic acid groups (broad SMARTS) is 1. The van der Waals surface area contributed by atoms with Crippen LogP contribution in [0.2, 0.25) is 0 Å². The first-order valence-corrected chi connectivity index (χ1v) is 10.7. The molecule has 1 aromatic heterocycles. The van der Waals surface area contributed by atoms with Gasteiger partial charge in [-0.15, -0.1) is 5.10 Å². The summed E-state index contributed by atoms with van der Waals surface area (Å²) in [5.74, 6) is -6.84. The van der Waals surface area contributed by atoms with E-state index < -0.39 is 58.7 Å². The van der Waals surface area contributed by atoms with Crippen molar-refractivity contribution in [1.29, 1.82) is 0 Å². The van der Waals surface area contributed by atoms with Crippen LogP contribution in [-0.4, -0.2) is 48.9 Å². The minimum Gasteiger partial charge on any atom is -0.482 e. The molecule has 1 unspecified atom stereocenters. The van der Waals surface area contributed by atoms with Crippen molar-refractivity contribution in [2.45, 2.75) is 42.7 Å². The number of halogens is 4. The number of aliphatic carboxylic acids is 1. The van der Waals surface area contributed by atoms with Gasteiger partial charge in [-0.1, -0.05) is 12.1 Å². The number of tetrazole rings is 1. The molecule has 6 rings (SSSR count). The molecule has 3 aliphatic carbocycles. The molecule has 35 heavy (non-hydrogen) atoms. The van der Waals surface area contributed by atoms with Crippen LogP contribution in [0.4, 0.5) is 17.6 Å². The lowest BCUT2D eigenvalue weighted by molar-refractivity contribution is -0.347. The van der Waals surface area contributed by atoms with Crippen LogP contribution in [0, 0.1) is 17.0 Å². The molecule has 3 saturated carbocycles. The summed E-state index contributed by atoms with van der Waals surface area (Å²) >= 11 is 0. The van der Waals surface area contributed by atoms with Crippen LogP contribution in [-0.2, 0) is 22.4 Å². The van der Waals surface area contributed by atoms with E-state index in [0.29, 0.717) is 11.8 Å². The summed E-state index contributed by atoms with van der Waals surface area (Å²) in [5.41, 5.74) is -5.13. The lowest BCUT2D eigenvalue weighted by atomic mass is 9.30. The number of benzene rings is 2. The van der Waals surface area contributed by atoms with Crippen LogP contribution in [0.5, 0.6) is 5.75 Å². The Labute approximate surface area is 196 Å². The van der Waals surface area contributed by atoms with Crippen LogP contribution >= 0.6 is 0 Å². The molecule has 1 atom stereocenters. The maximum absolute atomic E-state index is 16.2. The van der Waals surface area contributed by atoms with Crippen LogP contribution in [0.15, 0.2) is 48.8 Å². The summed E-state index contributed by atoms with van der Waals surface area (Å²) in [4.78, 5) is 10.6. The fourth-order valence-corrected chi connectivity index (χ4v) is 5.58. The summed E-state index contributed by atoms with van der Waals surface area (Å²) in [6.07, 6.45) is 1.16. The van der Waals surface area contributed by atoms with Crippen molar-refractivity contribution in [3.63, 3.8) is 0 Å². The van der Waals surface area contributed by atoms with Gasteiger partial charge in [0.25, 0.3) is 5.92 Å². The number of rotatable bonds is 9. The van der Waals surface area contributed by atoms with Crippen molar-refractivity contribution in [1.82, 2.24) is 20.2 Å². The van der Waals surface area contributed by atoms with Crippen molar-refractivity contribution in [2.75, 3.05) is 6.61 Å². The molecule has 2 bridgehead atoms. The molecule has 3 fully saturated rings. The molecule has 0 spiro atoms. The van der Waals surface area contributed by atoms with E-state index in [1.54, 1.807) is 24.3 Å². The number of alkyl halides is 2. The Morgan fingerprint density at radius 2 is 1.80 bits per heavy atom. The highest BCUT2D eigenvalue weighted by molar-refractivity contribution is 5.68. The van der Waals surface area contributed by atoms with Gasteiger partial charge in [0.05, 0.1) is 6.54 Å². The first kappa shape index (κ1) is 23.2. The first-order chi connectivity index (χ1) is 16.5. The number of nitrogens with zero attached hydrogens (tertiary/aromatic N) is 4. The molecule has 8 nitrogen and oxygen atoms in total. The van der Waals surface area contributed by atoms with Crippen molar-refractivity contribution in [2.24, 2.45) is 5.41 Å². The average molecular weight is 492 g/mol. The number of hydrogen-bond donors (Lipinski definition) is 2. The van der Waals surface area contributed by atoms with Gasteiger partial charge in [-0.05, 0) is 64.9 Å². The normalized spacial score (nSPS) is 24.7. The number of carboxylic acids is 1. The van der Waals surface area contributed by atoms with E-state index in [-0.39, 0.29) is 19.3 Å². The Kier molecular flexibility index (Phi) is 5.13. The second-order valence-electron chi connectivity index (χ2n) is 9.36. The lowest BCUT2D eigenvalue weighted by Gasteiger charge is -2.74. The van der Waals surface area contributed by atoms with Gasteiger partial charge in [-0.2, -0.15) is 0 Å². The molecular weight excluding hydrogens is 472 g/mol. The smallest absolute Gasteiger partial charge is 0.341 e. The van der Waals surface area contributed by atoms with E-state index in [9.17, 15) is 18.7 Å². The van der Waals surface area contributed by atoms with Crippen molar-refractivity contribution in [3.05, 3.63) is 71.6 Å². The summed E-state index contributed by atoms with van der Waals surface area (Å²) in [7, 11) is 0. The maximum Gasteiger partial charge on any atom is 0.341 e. The van der Waals surface area contributed by atoms with Gasteiger partial charge in [0.1, 0.15) is 23.7 Å². The summed E-state index contributed by atoms with van der Waals surface area (Å²) in [6.45, 7) is -1.33. The first-order valence-electron chi connectivity index (χ1n) is 10.7. The molecule has 0 aliphatic heterocycles. The molecule has 2 aromatic carbocycles. The Morgan fingerprint density at radius 1 is 1.11 bits per heavy atom. The molecule has 3 aromatic rings. The SMILES string of the molecule is O=C(O)COc1ccc(C23CC(C(F)(F)C(O)(Cn4cnnn4)c4ccc(F)cc4F)(C2)C3)cc1. The predicted octanol–water partition coefficient (Wildman–Crippen LogP) is 3.06. The van der Waals surface area contributed by atoms with Gasteiger partial charge in [0.15, 0.2) is 12.2 Å². The quantitative estimate of drug-likeness (QED) is 0.442. The van der Waals surface area contributed by atoms with E-state index in [1.165, 1.54) is 0 Å². The van der Waals surface area contributed by atoms with E-state index in [0.717, 1.165) is 28.7 Å². The number of aromatic nitrogens is 4. The van der Waals surface area contributed by atoms with E-state index >= 15 is 8.78 Å². The van der Waals surface area contributed by atoms with Crippen molar-refractivity contribution in [3.8, 4) is 5.75 Å². The molecule has 0 amide bonds. The van der Waals surface area contributed by atoms with Crippen LogP contribution in [0.3, 0.4) is 0 Å². The van der Waals surface area contributed by atoms with Gasteiger partial charge in [0.2, 0.25) is 0 Å². The van der Waals surface area contributed by atoms with Crippen LogP contribution in [0.25, 0.3) is 0 Å². The minimum absolute atomic E-state index is 0.0447. The second-order valence-corrected chi connectivity index (χ2v) is 9.36. The van der Waals surface area contributed by atoms with Crippen molar-refractivity contribution < 1.29 is 37.3 Å². The zero-order chi connectivity index (χ0) is 25.1. The summed E-state index contributed by atoms with van der Waals surface area (Å²) in [6, 6.07) is 8.64. The van der Waals surface area contributed by atoms with Gasteiger partial charge in [0, 0.05) is 17.0 Å². The van der Waals surface area contributed by atoms with E-state index in [2.05, 4.69) is 15.5 Å². The maximum atomic E-state index is 16.2. The molecular formula is C23H20F4N4O4. The monoisotopic (exact) mass is 492 g/mol. The van der Waals surface area contributed by atoms with Gasteiger partial charge in [-0.25, -0.2) is 27.0 Å². The fraction of sp³-hybridized carbons (Fsp3) is 0.391. The van der Waals surface area contributed by atoms with Gasteiger partial charge < -0.3 is 14.9 Å². The topological polar surface area (TPSA) is 110 Å². The van der Waals surface area contributed by atoms with E-state index in [4.69, 9.17) is 9.84 Å².